The van der Waals surface area contributed by atoms with E-state index in [0.29, 0.717) is 26.3 Å². The average Bonchev–Trinajstić information content (AvgIpc) is 2.90. The Morgan fingerprint density at radius 2 is 1.58 bits per heavy atom. The standard InChI is InChI=1S/C25H32ClN3O7S2/c1-18(2)36-23-9-7-20(37(31,32)29-12-14-35-15-13-29)17-22(23)27-25(30)19-6-8-21(26)24(16-19)38(33,34)28-10-4-3-5-11-28/h6-9,16-18H,3-5,10-15H2,1-2H3,(H,27,30). The number of nitrogens with zero attached hydrogens (tertiary/aromatic N) is 2. The number of anilines is 1. The lowest BCUT2D eigenvalue weighted by Crippen LogP contribution is -2.40. The van der Waals surface area contributed by atoms with Crippen LogP contribution in [0.1, 0.15) is 43.5 Å². The molecule has 0 radical (unpaired) electrons. The maximum atomic E-state index is 13.3. The molecule has 0 saturated carbocycles. The number of amides is 1. The third-order valence-corrected chi connectivity index (χ3v) is 10.6. The summed E-state index contributed by atoms with van der Waals surface area (Å²) in [6, 6.07) is 8.32. The van der Waals surface area contributed by atoms with Gasteiger partial charge >= 0.3 is 0 Å². The second kappa shape index (κ2) is 11.9. The van der Waals surface area contributed by atoms with Gasteiger partial charge in [-0.2, -0.15) is 8.61 Å². The third-order valence-electron chi connectivity index (χ3n) is 6.30. The Balaban J connectivity index is 1.65. The van der Waals surface area contributed by atoms with Gasteiger partial charge in [-0.05, 0) is 63.1 Å². The molecule has 0 bridgehead atoms. The summed E-state index contributed by atoms with van der Waals surface area (Å²) in [6.07, 6.45) is 2.24. The zero-order valence-electron chi connectivity index (χ0n) is 21.4. The summed E-state index contributed by atoms with van der Waals surface area (Å²) in [4.78, 5) is 13.1. The number of carbonyl (C=O) groups is 1. The monoisotopic (exact) mass is 585 g/mol. The SMILES string of the molecule is CC(C)Oc1ccc(S(=O)(=O)N2CCOCC2)cc1NC(=O)c1ccc(Cl)c(S(=O)(=O)N2CCCCC2)c1. The molecule has 2 fully saturated rings. The fraction of sp³-hybridized carbons (Fsp3) is 0.480. The maximum Gasteiger partial charge on any atom is 0.255 e. The normalized spacial score (nSPS) is 17.9. The molecule has 208 valence electrons. The molecule has 2 heterocycles. The lowest BCUT2D eigenvalue weighted by Gasteiger charge is -2.26. The lowest BCUT2D eigenvalue weighted by molar-refractivity contribution is 0.0730. The Kier molecular flexibility index (Phi) is 9.00. The fourth-order valence-electron chi connectivity index (χ4n) is 4.34. The summed E-state index contributed by atoms with van der Waals surface area (Å²) in [5.41, 5.74) is 0.204. The van der Waals surface area contributed by atoms with Crippen LogP contribution in [0, 0.1) is 0 Å². The van der Waals surface area contributed by atoms with Gasteiger partial charge in [-0.1, -0.05) is 18.0 Å². The number of ether oxygens (including phenoxy) is 2. The van der Waals surface area contributed by atoms with Crippen molar-refractivity contribution in [1.29, 1.82) is 0 Å². The number of sulfonamides is 2. The molecule has 2 saturated heterocycles. The third kappa shape index (κ3) is 6.32. The van der Waals surface area contributed by atoms with Crippen LogP contribution in [0.3, 0.4) is 0 Å². The van der Waals surface area contributed by atoms with Crippen LogP contribution in [0.5, 0.6) is 5.75 Å². The molecule has 1 amide bonds. The van der Waals surface area contributed by atoms with Crippen LogP contribution in [-0.2, 0) is 24.8 Å². The van der Waals surface area contributed by atoms with E-state index >= 15 is 0 Å². The summed E-state index contributed by atoms with van der Waals surface area (Å²) < 4.78 is 66.6. The highest BCUT2D eigenvalue weighted by Gasteiger charge is 2.30. The van der Waals surface area contributed by atoms with Crippen molar-refractivity contribution in [2.45, 2.75) is 49.0 Å². The van der Waals surface area contributed by atoms with Gasteiger partial charge in [0.1, 0.15) is 10.6 Å². The predicted molar refractivity (Wildman–Crippen MR) is 144 cm³/mol. The van der Waals surface area contributed by atoms with Gasteiger partial charge in [0.15, 0.2) is 0 Å². The molecule has 0 spiro atoms. The number of rotatable bonds is 8. The van der Waals surface area contributed by atoms with Crippen molar-refractivity contribution in [2.75, 3.05) is 44.7 Å². The van der Waals surface area contributed by atoms with E-state index in [1.54, 1.807) is 13.8 Å². The molecule has 0 unspecified atom stereocenters. The van der Waals surface area contributed by atoms with Crippen molar-refractivity contribution in [3.8, 4) is 5.75 Å². The molecule has 38 heavy (non-hydrogen) atoms. The first-order chi connectivity index (χ1) is 18.0. The number of piperidine rings is 1. The molecule has 2 aliphatic rings. The van der Waals surface area contributed by atoms with Crippen molar-refractivity contribution >= 4 is 43.2 Å². The van der Waals surface area contributed by atoms with Crippen LogP contribution >= 0.6 is 11.6 Å². The lowest BCUT2D eigenvalue weighted by atomic mass is 10.2. The average molecular weight is 586 g/mol. The van der Waals surface area contributed by atoms with Crippen molar-refractivity contribution in [1.82, 2.24) is 8.61 Å². The minimum Gasteiger partial charge on any atom is -0.489 e. The number of carbonyl (C=O) groups excluding carboxylic acids is 1. The first-order valence-electron chi connectivity index (χ1n) is 12.5. The molecule has 10 nitrogen and oxygen atoms in total. The molecule has 0 aromatic heterocycles. The summed E-state index contributed by atoms with van der Waals surface area (Å²) in [5, 5.41) is 2.72. The second-order valence-corrected chi connectivity index (χ2v) is 13.7. The van der Waals surface area contributed by atoms with Gasteiger partial charge in [0, 0.05) is 31.7 Å². The van der Waals surface area contributed by atoms with Crippen molar-refractivity contribution in [3.63, 3.8) is 0 Å². The van der Waals surface area contributed by atoms with E-state index in [4.69, 9.17) is 21.1 Å². The smallest absolute Gasteiger partial charge is 0.255 e. The molecule has 2 aromatic rings. The number of hydrogen-bond donors (Lipinski definition) is 1. The van der Waals surface area contributed by atoms with Gasteiger partial charge in [-0.15, -0.1) is 0 Å². The Morgan fingerprint density at radius 3 is 2.24 bits per heavy atom. The van der Waals surface area contributed by atoms with Crippen LogP contribution in [0.4, 0.5) is 5.69 Å². The highest BCUT2D eigenvalue weighted by atomic mass is 35.5. The second-order valence-electron chi connectivity index (χ2n) is 9.41. The van der Waals surface area contributed by atoms with Crippen LogP contribution in [0.15, 0.2) is 46.2 Å². The van der Waals surface area contributed by atoms with Gasteiger partial charge in [0.25, 0.3) is 5.91 Å². The largest absolute Gasteiger partial charge is 0.489 e. The number of morpholine rings is 1. The van der Waals surface area contributed by atoms with E-state index in [9.17, 15) is 21.6 Å². The zero-order valence-corrected chi connectivity index (χ0v) is 23.7. The molecular weight excluding hydrogens is 554 g/mol. The van der Waals surface area contributed by atoms with Gasteiger partial charge < -0.3 is 14.8 Å². The molecule has 2 aromatic carbocycles. The highest BCUT2D eigenvalue weighted by molar-refractivity contribution is 7.89. The molecule has 0 atom stereocenters. The fourth-order valence-corrected chi connectivity index (χ4v) is 7.79. The zero-order chi connectivity index (χ0) is 27.5. The molecule has 0 aliphatic carbocycles. The van der Waals surface area contributed by atoms with E-state index in [2.05, 4.69) is 5.32 Å². The van der Waals surface area contributed by atoms with E-state index in [1.807, 2.05) is 0 Å². The Hall–Kier alpha value is -2.22. The van der Waals surface area contributed by atoms with Crippen molar-refractivity contribution in [3.05, 3.63) is 47.0 Å². The summed E-state index contributed by atoms with van der Waals surface area (Å²) in [6.45, 7) is 5.47. The predicted octanol–water partition coefficient (Wildman–Crippen LogP) is 3.58. The van der Waals surface area contributed by atoms with Gasteiger partial charge in [-0.3, -0.25) is 4.79 Å². The Labute approximate surface area is 229 Å². The maximum absolute atomic E-state index is 13.3. The Morgan fingerprint density at radius 1 is 0.921 bits per heavy atom. The molecule has 1 N–H and O–H groups in total. The summed E-state index contributed by atoms with van der Waals surface area (Å²) in [7, 11) is -7.71. The van der Waals surface area contributed by atoms with Gasteiger partial charge in [0.05, 0.1) is 34.9 Å². The number of hydrogen-bond acceptors (Lipinski definition) is 7. The first kappa shape index (κ1) is 28.8. The van der Waals surface area contributed by atoms with E-state index in [0.717, 1.165) is 19.3 Å². The van der Waals surface area contributed by atoms with Gasteiger partial charge in [-0.25, -0.2) is 16.8 Å². The number of benzene rings is 2. The van der Waals surface area contributed by atoms with Crippen LogP contribution < -0.4 is 10.1 Å². The van der Waals surface area contributed by atoms with E-state index in [-0.39, 0.29) is 51.0 Å². The van der Waals surface area contributed by atoms with Crippen LogP contribution in [0.2, 0.25) is 5.02 Å². The summed E-state index contributed by atoms with van der Waals surface area (Å²) in [5.74, 6) is -0.351. The molecular formula is C25H32ClN3O7S2. The van der Waals surface area contributed by atoms with E-state index < -0.39 is 26.0 Å². The topological polar surface area (TPSA) is 122 Å². The van der Waals surface area contributed by atoms with E-state index in [1.165, 1.54) is 45.0 Å². The number of halogens is 1. The quantitative estimate of drug-likeness (QED) is 0.502. The molecule has 2 aliphatic heterocycles. The van der Waals surface area contributed by atoms with Crippen molar-refractivity contribution < 1.29 is 31.1 Å². The van der Waals surface area contributed by atoms with Crippen LogP contribution in [-0.4, -0.2) is 76.8 Å². The first-order valence-corrected chi connectivity index (χ1v) is 15.8. The summed E-state index contributed by atoms with van der Waals surface area (Å²) >= 11 is 6.25. The van der Waals surface area contributed by atoms with Crippen LogP contribution in [0.25, 0.3) is 0 Å². The molecule has 13 heteroatoms. The van der Waals surface area contributed by atoms with Crippen molar-refractivity contribution in [2.24, 2.45) is 0 Å². The number of nitrogens with one attached hydrogen (secondary N) is 1. The Bertz CT molecular complexity index is 1390. The minimum atomic E-state index is -3.88. The molecule has 4 rings (SSSR count). The highest BCUT2D eigenvalue weighted by Crippen LogP contribution is 2.32. The minimum absolute atomic E-state index is 0.00437. The van der Waals surface area contributed by atoms with Gasteiger partial charge in [0.2, 0.25) is 20.0 Å².